The molecule has 1 aliphatic rings. The van der Waals surface area contributed by atoms with E-state index in [1.807, 2.05) is 4.90 Å². The first-order valence-electron chi connectivity index (χ1n) is 7.30. The van der Waals surface area contributed by atoms with Crippen molar-refractivity contribution in [3.05, 3.63) is 0 Å². The topological polar surface area (TPSA) is 32.3 Å². The predicted molar refractivity (Wildman–Crippen MR) is 72.0 cm³/mol. The molecule has 1 aliphatic carbocycles. The van der Waals surface area contributed by atoms with Gasteiger partial charge in [-0.2, -0.15) is 0 Å². The highest BCUT2D eigenvalue weighted by atomic mass is 16.1. The number of carbonyl (C=O) groups excluding carboxylic acids is 1. The lowest BCUT2D eigenvalue weighted by atomic mass is 9.94. The second kappa shape index (κ2) is 9.46. The first-order valence-corrected chi connectivity index (χ1v) is 7.30. The summed E-state index contributed by atoms with van der Waals surface area (Å²) in [7, 11) is 0. The Labute approximate surface area is 106 Å². The van der Waals surface area contributed by atoms with Crippen LogP contribution in [-0.2, 0) is 4.79 Å². The van der Waals surface area contributed by atoms with Crippen LogP contribution in [0.3, 0.4) is 0 Å². The fourth-order valence-electron chi connectivity index (χ4n) is 2.58. The summed E-state index contributed by atoms with van der Waals surface area (Å²) in [6.45, 7) is 5.33. The van der Waals surface area contributed by atoms with E-state index in [4.69, 9.17) is 0 Å². The number of unbranched alkanes of at least 4 members (excludes halogenated alkanes) is 1. The Bertz CT molecular complexity index is 191. The highest BCUT2D eigenvalue weighted by Crippen LogP contribution is 2.21. The third-order valence-corrected chi connectivity index (χ3v) is 3.63. The first-order chi connectivity index (χ1) is 8.38. The van der Waals surface area contributed by atoms with E-state index >= 15 is 0 Å². The van der Waals surface area contributed by atoms with E-state index in [0.717, 1.165) is 32.5 Å². The average Bonchev–Trinajstić information content (AvgIpc) is 2.39. The van der Waals surface area contributed by atoms with Gasteiger partial charge in [0.2, 0.25) is 6.41 Å². The molecule has 0 atom stereocenters. The van der Waals surface area contributed by atoms with Gasteiger partial charge in [-0.3, -0.25) is 4.79 Å². The van der Waals surface area contributed by atoms with Gasteiger partial charge in [0.1, 0.15) is 0 Å². The number of carbonyl (C=O) groups is 1. The van der Waals surface area contributed by atoms with Crippen LogP contribution in [0.4, 0.5) is 0 Å². The minimum atomic E-state index is 0.532. The van der Waals surface area contributed by atoms with Crippen LogP contribution in [-0.4, -0.2) is 37.0 Å². The largest absolute Gasteiger partial charge is 0.342 e. The second-order valence-corrected chi connectivity index (χ2v) is 5.09. The van der Waals surface area contributed by atoms with Gasteiger partial charge in [-0.25, -0.2) is 0 Å². The van der Waals surface area contributed by atoms with E-state index in [2.05, 4.69) is 12.2 Å². The van der Waals surface area contributed by atoms with Crippen molar-refractivity contribution in [1.29, 1.82) is 0 Å². The molecule has 0 radical (unpaired) electrons. The van der Waals surface area contributed by atoms with Crippen LogP contribution in [0.5, 0.6) is 0 Å². The van der Waals surface area contributed by atoms with Crippen molar-refractivity contribution in [3.8, 4) is 0 Å². The molecule has 1 fully saturated rings. The van der Waals surface area contributed by atoms with Crippen molar-refractivity contribution in [1.82, 2.24) is 10.2 Å². The molecule has 1 amide bonds. The molecule has 0 aromatic carbocycles. The lowest BCUT2D eigenvalue weighted by Gasteiger charge is -2.31. The van der Waals surface area contributed by atoms with Crippen LogP contribution >= 0.6 is 0 Å². The lowest BCUT2D eigenvalue weighted by molar-refractivity contribution is -0.120. The monoisotopic (exact) mass is 240 g/mol. The normalized spacial score (nSPS) is 17.0. The number of hydrogen-bond acceptors (Lipinski definition) is 2. The van der Waals surface area contributed by atoms with Crippen molar-refractivity contribution >= 4 is 6.41 Å². The Balaban J connectivity index is 2.07. The van der Waals surface area contributed by atoms with Gasteiger partial charge < -0.3 is 10.2 Å². The van der Waals surface area contributed by atoms with E-state index in [-0.39, 0.29) is 0 Å². The third-order valence-electron chi connectivity index (χ3n) is 3.63. The molecule has 0 unspecified atom stereocenters. The zero-order chi connectivity index (χ0) is 12.3. The Morgan fingerprint density at radius 2 is 1.94 bits per heavy atom. The van der Waals surface area contributed by atoms with Crippen molar-refractivity contribution in [2.75, 3.05) is 19.6 Å². The average molecular weight is 240 g/mol. The smallest absolute Gasteiger partial charge is 0.209 e. The van der Waals surface area contributed by atoms with Gasteiger partial charge in [0.05, 0.1) is 0 Å². The van der Waals surface area contributed by atoms with Crippen molar-refractivity contribution in [3.63, 3.8) is 0 Å². The number of nitrogens with zero attached hydrogens (tertiary/aromatic N) is 1. The fourth-order valence-corrected chi connectivity index (χ4v) is 2.58. The van der Waals surface area contributed by atoms with Gasteiger partial charge >= 0.3 is 0 Å². The Morgan fingerprint density at radius 3 is 2.59 bits per heavy atom. The molecule has 0 saturated heterocycles. The predicted octanol–water partition coefficient (Wildman–Crippen LogP) is 2.56. The molecule has 3 nitrogen and oxygen atoms in total. The van der Waals surface area contributed by atoms with Crippen LogP contribution in [0.1, 0.15) is 58.3 Å². The molecule has 1 rings (SSSR count). The van der Waals surface area contributed by atoms with Gasteiger partial charge in [0, 0.05) is 12.6 Å². The molecule has 0 aromatic rings. The Kier molecular flexibility index (Phi) is 8.06. The molecule has 3 heteroatoms. The summed E-state index contributed by atoms with van der Waals surface area (Å²) in [4.78, 5) is 13.1. The molecule has 1 saturated carbocycles. The maximum Gasteiger partial charge on any atom is 0.209 e. The number of amides is 1. The molecule has 0 spiro atoms. The molecular weight excluding hydrogens is 212 g/mol. The number of hydrogen-bond donors (Lipinski definition) is 1. The maximum absolute atomic E-state index is 11.1. The van der Waals surface area contributed by atoms with Gasteiger partial charge in [0.25, 0.3) is 0 Å². The van der Waals surface area contributed by atoms with Crippen molar-refractivity contribution in [2.24, 2.45) is 0 Å². The first kappa shape index (κ1) is 14.5. The quantitative estimate of drug-likeness (QED) is 0.496. The van der Waals surface area contributed by atoms with Gasteiger partial charge in [-0.15, -0.1) is 0 Å². The van der Waals surface area contributed by atoms with E-state index in [1.54, 1.807) is 0 Å². The summed E-state index contributed by atoms with van der Waals surface area (Å²) in [6, 6.07) is 0.532. The zero-order valence-corrected chi connectivity index (χ0v) is 11.3. The molecule has 17 heavy (non-hydrogen) atoms. The molecule has 1 N–H and O–H groups in total. The zero-order valence-electron chi connectivity index (χ0n) is 11.3. The maximum atomic E-state index is 11.1. The van der Waals surface area contributed by atoms with Gasteiger partial charge in [-0.1, -0.05) is 26.2 Å². The van der Waals surface area contributed by atoms with E-state index in [0.29, 0.717) is 6.04 Å². The molecule has 0 aliphatic heterocycles. The summed E-state index contributed by atoms with van der Waals surface area (Å²) in [5.74, 6) is 0. The summed E-state index contributed by atoms with van der Waals surface area (Å²) in [5.41, 5.74) is 0. The summed E-state index contributed by atoms with van der Waals surface area (Å²) in [5, 5.41) is 3.40. The highest BCUT2D eigenvalue weighted by Gasteiger charge is 2.18. The van der Waals surface area contributed by atoms with Crippen LogP contribution in [0, 0.1) is 0 Å². The standard InChI is InChI=1S/C14H28N2O/c1-2-10-15-11-6-7-12-16(13-17)14-8-4-3-5-9-14/h13-15H,2-12H2,1H3. The number of nitrogens with one attached hydrogen (secondary N) is 1. The van der Waals surface area contributed by atoms with Crippen LogP contribution in [0.15, 0.2) is 0 Å². The molecular formula is C14H28N2O. The minimum Gasteiger partial charge on any atom is -0.342 e. The van der Waals surface area contributed by atoms with E-state index in [9.17, 15) is 4.79 Å². The summed E-state index contributed by atoms with van der Waals surface area (Å²) >= 11 is 0. The van der Waals surface area contributed by atoms with E-state index in [1.165, 1.54) is 44.9 Å². The van der Waals surface area contributed by atoms with Crippen LogP contribution < -0.4 is 5.32 Å². The minimum absolute atomic E-state index is 0.532. The molecule has 0 bridgehead atoms. The molecule has 0 heterocycles. The SMILES string of the molecule is CCCNCCCCN(C=O)C1CCCCC1. The number of rotatable bonds is 9. The van der Waals surface area contributed by atoms with Crippen LogP contribution in [0.2, 0.25) is 0 Å². The summed E-state index contributed by atoms with van der Waals surface area (Å²) in [6.07, 6.45) is 10.9. The lowest BCUT2D eigenvalue weighted by Crippen LogP contribution is -2.36. The van der Waals surface area contributed by atoms with Gasteiger partial charge in [0.15, 0.2) is 0 Å². The highest BCUT2D eigenvalue weighted by molar-refractivity contribution is 5.47. The summed E-state index contributed by atoms with van der Waals surface area (Å²) < 4.78 is 0. The van der Waals surface area contributed by atoms with E-state index < -0.39 is 0 Å². The molecule has 100 valence electrons. The second-order valence-electron chi connectivity index (χ2n) is 5.09. The Hall–Kier alpha value is -0.570. The van der Waals surface area contributed by atoms with Crippen molar-refractivity contribution in [2.45, 2.75) is 64.3 Å². The van der Waals surface area contributed by atoms with Crippen LogP contribution in [0.25, 0.3) is 0 Å². The Morgan fingerprint density at radius 1 is 1.18 bits per heavy atom. The molecule has 0 aromatic heterocycles. The van der Waals surface area contributed by atoms with Gasteiger partial charge in [-0.05, 0) is 45.2 Å². The van der Waals surface area contributed by atoms with Crippen molar-refractivity contribution < 1.29 is 4.79 Å². The fraction of sp³-hybridized carbons (Fsp3) is 0.929. The third kappa shape index (κ3) is 6.06.